The first kappa shape index (κ1) is 15.1. The number of hydrogen-bond acceptors (Lipinski definition) is 3. The number of rotatable bonds is 4. The average molecular weight is 349 g/mol. The Morgan fingerprint density at radius 3 is 2.43 bits per heavy atom. The molecular weight excluding hydrogens is 336 g/mol. The molecule has 0 unspecified atom stereocenters. The Balaban J connectivity index is 2.12. The highest BCUT2D eigenvalue weighted by molar-refractivity contribution is 9.10. The number of carbonyl (C=O) groups is 2. The minimum absolute atomic E-state index is 0.0371. The van der Waals surface area contributed by atoms with E-state index in [-0.39, 0.29) is 23.6 Å². The van der Waals surface area contributed by atoms with Crippen LogP contribution in [0, 0.1) is 0 Å². The Kier molecular flexibility index (Phi) is 4.59. The van der Waals surface area contributed by atoms with Crippen molar-refractivity contribution in [2.75, 3.05) is 11.1 Å². The average Bonchev–Trinajstić information content (AvgIpc) is 2.43. The topological polar surface area (TPSA) is 92.4 Å². The predicted molar refractivity (Wildman–Crippen MR) is 84.3 cm³/mol. The number of benzene rings is 2. The molecule has 0 aliphatic rings. The number of amides is 1. The van der Waals surface area contributed by atoms with Crippen LogP contribution in [0.5, 0.6) is 0 Å². The lowest BCUT2D eigenvalue weighted by molar-refractivity contribution is -0.115. The van der Waals surface area contributed by atoms with E-state index in [4.69, 9.17) is 10.8 Å². The second-order valence-corrected chi connectivity index (χ2v) is 5.38. The number of nitrogens with two attached hydrogens (primary N) is 1. The number of carboxylic acid groups (broad SMARTS) is 1. The quantitative estimate of drug-likeness (QED) is 0.740. The van der Waals surface area contributed by atoms with Gasteiger partial charge in [-0.15, -0.1) is 0 Å². The second-order valence-electron chi connectivity index (χ2n) is 4.46. The minimum atomic E-state index is -1.10. The smallest absolute Gasteiger partial charge is 0.337 e. The molecule has 0 spiro atoms. The van der Waals surface area contributed by atoms with Crippen molar-refractivity contribution in [3.05, 3.63) is 58.1 Å². The zero-order valence-electron chi connectivity index (χ0n) is 11.0. The van der Waals surface area contributed by atoms with Crippen LogP contribution in [0.3, 0.4) is 0 Å². The van der Waals surface area contributed by atoms with Crippen LogP contribution in [-0.4, -0.2) is 17.0 Å². The number of halogens is 1. The van der Waals surface area contributed by atoms with Gasteiger partial charge in [0.1, 0.15) is 0 Å². The molecule has 21 heavy (non-hydrogen) atoms. The number of carboxylic acids is 1. The molecule has 0 aliphatic carbocycles. The van der Waals surface area contributed by atoms with Crippen molar-refractivity contribution in [1.29, 1.82) is 0 Å². The van der Waals surface area contributed by atoms with E-state index < -0.39 is 5.97 Å². The van der Waals surface area contributed by atoms with Gasteiger partial charge in [0.25, 0.3) is 0 Å². The van der Waals surface area contributed by atoms with Crippen molar-refractivity contribution in [2.24, 2.45) is 0 Å². The molecule has 2 rings (SSSR count). The van der Waals surface area contributed by atoms with Crippen LogP contribution in [-0.2, 0) is 11.2 Å². The Labute approximate surface area is 129 Å². The zero-order valence-corrected chi connectivity index (χ0v) is 12.6. The first-order valence-electron chi connectivity index (χ1n) is 6.13. The lowest BCUT2D eigenvalue weighted by Crippen LogP contribution is -2.16. The highest BCUT2D eigenvalue weighted by Crippen LogP contribution is 2.21. The maximum Gasteiger partial charge on any atom is 0.337 e. The summed E-state index contributed by atoms with van der Waals surface area (Å²) in [5, 5.41) is 11.7. The van der Waals surface area contributed by atoms with Crippen LogP contribution >= 0.6 is 15.9 Å². The third kappa shape index (κ3) is 4.06. The lowest BCUT2D eigenvalue weighted by Gasteiger charge is -2.09. The third-order valence-corrected chi connectivity index (χ3v) is 3.32. The summed E-state index contributed by atoms with van der Waals surface area (Å²) < 4.78 is 0.636. The molecule has 2 aromatic rings. The van der Waals surface area contributed by atoms with Gasteiger partial charge < -0.3 is 16.2 Å². The van der Waals surface area contributed by atoms with Gasteiger partial charge in [-0.05, 0) is 35.9 Å². The van der Waals surface area contributed by atoms with Crippen molar-refractivity contribution in [3.8, 4) is 0 Å². The minimum Gasteiger partial charge on any atom is -0.478 e. The maximum absolute atomic E-state index is 12.0. The largest absolute Gasteiger partial charge is 0.478 e. The Hall–Kier alpha value is -2.34. The summed E-state index contributed by atoms with van der Waals surface area (Å²) in [5.74, 6) is -1.39. The van der Waals surface area contributed by atoms with Gasteiger partial charge in [0.05, 0.1) is 17.7 Å². The standard InChI is InChI=1S/C15H13BrN2O3/c16-10-3-6-13(12(8-10)15(20)21)18-14(19)7-9-1-4-11(17)5-2-9/h1-6,8H,7,17H2,(H,18,19)(H,20,21). The van der Waals surface area contributed by atoms with E-state index in [2.05, 4.69) is 21.2 Å². The summed E-state index contributed by atoms with van der Waals surface area (Å²) in [7, 11) is 0. The molecule has 2 aromatic carbocycles. The Bertz CT molecular complexity index is 684. The molecule has 0 bridgehead atoms. The van der Waals surface area contributed by atoms with E-state index in [1.807, 2.05) is 0 Å². The molecule has 108 valence electrons. The van der Waals surface area contributed by atoms with Crippen molar-refractivity contribution in [3.63, 3.8) is 0 Å². The summed E-state index contributed by atoms with van der Waals surface area (Å²) in [6.45, 7) is 0. The first-order valence-corrected chi connectivity index (χ1v) is 6.92. The van der Waals surface area contributed by atoms with E-state index in [1.165, 1.54) is 6.07 Å². The fourth-order valence-electron chi connectivity index (χ4n) is 1.82. The van der Waals surface area contributed by atoms with Crippen LogP contribution in [0.25, 0.3) is 0 Å². The SMILES string of the molecule is Nc1ccc(CC(=O)Nc2ccc(Br)cc2C(=O)O)cc1. The molecule has 0 saturated carbocycles. The Morgan fingerprint density at radius 2 is 1.81 bits per heavy atom. The summed E-state index contributed by atoms with van der Waals surface area (Å²) in [5.41, 5.74) is 7.31. The fourth-order valence-corrected chi connectivity index (χ4v) is 2.18. The summed E-state index contributed by atoms with van der Waals surface area (Å²) in [6.07, 6.45) is 0.148. The van der Waals surface area contributed by atoms with Crippen molar-refractivity contribution >= 4 is 39.2 Å². The number of nitrogens with one attached hydrogen (secondary N) is 1. The van der Waals surface area contributed by atoms with Crippen molar-refractivity contribution < 1.29 is 14.7 Å². The van der Waals surface area contributed by atoms with Crippen molar-refractivity contribution in [1.82, 2.24) is 0 Å². The highest BCUT2D eigenvalue weighted by Gasteiger charge is 2.13. The van der Waals surface area contributed by atoms with E-state index in [1.54, 1.807) is 36.4 Å². The van der Waals surface area contributed by atoms with Gasteiger partial charge in [0, 0.05) is 10.2 Å². The molecule has 5 nitrogen and oxygen atoms in total. The number of aromatic carboxylic acids is 1. The number of anilines is 2. The summed E-state index contributed by atoms with van der Waals surface area (Å²) in [6, 6.07) is 11.6. The van der Waals surface area contributed by atoms with Crippen LogP contribution in [0.4, 0.5) is 11.4 Å². The van der Waals surface area contributed by atoms with Gasteiger partial charge in [0.15, 0.2) is 0 Å². The first-order chi connectivity index (χ1) is 9.95. The molecule has 0 aliphatic heterocycles. The monoisotopic (exact) mass is 348 g/mol. The highest BCUT2D eigenvalue weighted by atomic mass is 79.9. The third-order valence-electron chi connectivity index (χ3n) is 2.83. The zero-order chi connectivity index (χ0) is 15.4. The summed E-state index contributed by atoms with van der Waals surface area (Å²) in [4.78, 5) is 23.1. The molecular formula is C15H13BrN2O3. The predicted octanol–water partition coefficient (Wildman–Crippen LogP) is 2.91. The van der Waals surface area contributed by atoms with E-state index in [0.717, 1.165) is 5.56 Å². The molecule has 0 fully saturated rings. The van der Waals surface area contributed by atoms with E-state index in [9.17, 15) is 9.59 Å². The van der Waals surface area contributed by atoms with Gasteiger partial charge in [-0.3, -0.25) is 4.79 Å². The Morgan fingerprint density at radius 1 is 1.14 bits per heavy atom. The summed E-state index contributed by atoms with van der Waals surface area (Å²) >= 11 is 3.20. The molecule has 1 amide bonds. The lowest BCUT2D eigenvalue weighted by atomic mass is 10.1. The molecule has 6 heteroatoms. The van der Waals surface area contributed by atoms with Gasteiger partial charge in [0.2, 0.25) is 5.91 Å². The maximum atomic E-state index is 12.0. The van der Waals surface area contributed by atoms with Crippen molar-refractivity contribution in [2.45, 2.75) is 6.42 Å². The molecule has 0 atom stereocenters. The van der Waals surface area contributed by atoms with Gasteiger partial charge in [-0.25, -0.2) is 4.79 Å². The normalized spacial score (nSPS) is 10.1. The van der Waals surface area contributed by atoms with Crippen LogP contribution in [0.1, 0.15) is 15.9 Å². The second kappa shape index (κ2) is 6.41. The molecule has 0 heterocycles. The van der Waals surface area contributed by atoms with Crippen LogP contribution < -0.4 is 11.1 Å². The molecule has 4 N–H and O–H groups in total. The van der Waals surface area contributed by atoms with Crippen LogP contribution in [0.2, 0.25) is 0 Å². The molecule has 0 radical (unpaired) electrons. The number of hydrogen-bond donors (Lipinski definition) is 3. The number of nitrogen functional groups attached to an aromatic ring is 1. The number of carbonyl (C=O) groups excluding carboxylic acids is 1. The van der Waals surface area contributed by atoms with E-state index in [0.29, 0.717) is 10.2 Å². The van der Waals surface area contributed by atoms with E-state index >= 15 is 0 Å². The van der Waals surface area contributed by atoms with Crippen LogP contribution in [0.15, 0.2) is 46.9 Å². The van der Waals surface area contributed by atoms with Gasteiger partial charge in [-0.2, -0.15) is 0 Å². The molecule has 0 aromatic heterocycles. The van der Waals surface area contributed by atoms with Gasteiger partial charge in [-0.1, -0.05) is 28.1 Å². The molecule has 0 saturated heterocycles. The fraction of sp³-hybridized carbons (Fsp3) is 0.0667. The van der Waals surface area contributed by atoms with Gasteiger partial charge >= 0.3 is 5.97 Å².